The standard InChI is InChI=1S/C20H16INO3/c1-12-3-4-14(10-17(12)20(23)24)19-8-6-16(25-19)11-22-15-5-7-18(21)13(2)9-15/h3-11H,1-2H3,(H,23,24). The van der Waals surface area contributed by atoms with Crippen LogP contribution >= 0.6 is 22.6 Å². The minimum atomic E-state index is -0.943. The highest BCUT2D eigenvalue weighted by Crippen LogP contribution is 2.25. The van der Waals surface area contributed by atoms with E-state index in [1.54, 1.807) is 25.3 Å². The zero-order valence-electron chi connectivity index (χ0n) is 13.8. The second-order valence-corrected chi connectivity index (χ2v) is 6.89. The van der Waals surface area contributed by atoms with Crippen molar-refractivity contribution in [3.63, 3.8) is 0 Å². The summed E-state index contributed by atoms with van der Waals surface area (Å²) in [4.78, 5) is 15.7. The van der Waals surface area contributed by atoms with E-state index in [9.17, 15) is 9.90 Å². The number of halogens is 1. The van der Waals surface area contributed by atoms with E-state index in [-0.39, 0.29) is 5.56 Å². The van der Waals surface area contributed by atoms with Crippen molar-refractivity contribution in [3.8, 4) is 11.3 Å². The predicted molar refractivity (Wildman–Crippen MR) is 107 cm³/mol. The van der Waals surface area contributed by atoms with Crippen LogP contribution in [0.1, 0.15) is 27.2 Å². The quantitative estimate of drug-likeness (QED) is 0.419. The van der Waals surface area contributed by atoms with Crippen molar-refractivity contribution in [1.29, 1.82) is 0 Å². The highest BCUT2D eigenvalue weighted by atomic mass is 127. The first-order valence-corrected chi connectivity index (χ1v) is 8.76. The van der Waals surface area contributed by atoms with E-state index >= 15 is 0 Å². The summed E-state index contributed by atoms with van der Waals surface area (Å²) in [6.07, 6.45) is 1.66. The van der Waals surface area contributed by atoms with E-state index in [0.717, 1.165) is 16.8 Å². The molecule has 0 bridgehead atoms. The summed E-state index contributed by atoms with van der Waals surface area (Å²) >= 11 is 2.29. The van der Waals surface area contributed by atoms with Gasteiger partial charge >= 0.3 is 5.97 Å². The molecule has 5 heteroatoms. The molecule has 0 amide bonds. The van der Waals surface area contributed by atoms with Crippen LogP contribution < -0.4 is 0 Å². The zero-order chi connectivity index (χ0) is 18.0. The number of aliphatic imine (C=N–C) groups is 1. The number of rotatable bonds is 4. The number of aromatic carboxylic acids is 1. The number of nitrogens with zero attached hydrogens (tertiary/aromatic N) is 1. The molecule has 1 aromatic heterocycles. The molecule has 0 radical (unpaired) electrons. The summed E-state index contributed by atoms with van der Waals surface area (Å²) in [5.41, 5.74) is 3.76. The molecule has 0 aliphatic rings. The van der Waals surface area contributed by atoms with E-state index in [1.807, 2.05) is 43.3 Å². The topological polar surface area (TPSA) is 62.8 Å². The van der Waals surface area contributed by atoms with Gasteiger partial charge in [-0.2, -0.15) is 0 Å². The average molecular weight is 445 g/mol. The molecule has 3 aromatic rings. The highest BCUT2D eigenvalue weighted by Gasteiger charge is 2.11. The molecule has 0 spiro atoms. The maximum absolute atomic E-state index is 11.3. The summed E-state index contributed by atoms with van der Waals surface area (Å²) in [7, 11) is 0. The molecule has 1 N–H and O–H groups in total. The number of hydrogen-bond donors (Lipinski definition) is 1. The maximum Gasteiger partial charge on any atom is 0.335 e. The van der Waals surface area contributed by atoms with E-state index in [0.29, 0.717) is 11.5 Å². The minimum Gasteiger partial charge on any atom is -0.478 e. The number of furan rings is 1. The van der Waals surface area contributed by atoms with Crippen LogP contribution in [-0.2, 0) is 0 Å². The van der Waals surface area contributed by atoms with Crippen molar-refractivity contribution >= 4 is 40.5 Å². The third-order valence-electron chi connectivity index (χ3n) is 3.86. The van der Waals surface area contributed by atoms with Gasteiger partial charge in [0.2, 0.25) is 0 Å². The first-order chi connectivity index (χ1) is 11.9. The minimum absolute atomic E-state index is 0.276. The van der Waals surface area contributed by atoms with Crippen LogP contribution in [0.15, 0.2) is 57.9 Å². The molecule has 0 saturated heterocycles. The van der Waals surface area contributed by atoms with Crippen molar-refractivity contribution < 1.29 is 14.3 Å². The van der Waals surface area contributed by atoms with E-state index in [2.05, 4.69) is 27.6 Å². The Kier molecular flexibility index (Phi) is 5.03. The molecule has 25 heavy (non-hydrogen) atoms. The van der Waals surface area contributed by atoms with Crippen LogP contribution in [0.3, 0.4) is 0 Å². The summed E-state index contributed by atoms with van der Waals surface area (Å²) in [5.74, 6) is 0.285. The lowest BCUT2D eigenvalue weighted by atomic mass is 10.0. The van der Waals surface area contributed by atoms with Gasteiger partial charge in [0.05, 0.1) is 17.5 Å². The lowest BCUT2D eigenvalue weighted by Crippen LogP contribution is -1.99. The van der Waals surface area contributed by atoms with Crippen molar-refractivity contribution in [3.05, 3.63) is 74.6 Å². The number of carbonyl (C=O) groups is 1. The second-order valence-electron chi connectivity index (χ2n) is 5.73. The van der Waals surface area contributed by atoms with E-state index in [4.69, 9.17) is 4.42 Å². The van der Waals surface area contributed by atoms with Crippen LogP contribution in [0.25, 0.3) is 11.3 Å². The van der Waals surface area contributed by atoms with Crippen molar-refractivity contribution in [2.75, 3.05) is 0 Å². The molecule has 0 fully saturated rings. The lowest BCUT2D eigenvalue weighted by Gasteiger charge is -2.03. The Morgan fingerprint density at radius 3 is 2.60 bits per heavy atom. The van der Waals surface area contributed by atoms with Crippen LogP contribution in [0.2, 0.25) is 0 Å². The summed E-state index contributed by atoms with van der Waals surface area (Å²) < 4.78 is 6.98. The number of carboxylic acid groups (broad SMARTS) is 1. The molecule has 3 rings (SSSR count). The largest absolute Gasteiger partial charge is 0.478 e. The molecular weight excluding hydrogens is 429 g/mol. The maximum atomic E-state index is 11.3. The van der Waals surface area contributed by atoms with Gasteiger partial charge in [0, 0.05) is 9.13 Å². The lowest BCUT2D eigenvalue weighted by molar-refractivity contribution is 0.0696. The van der Waals surface area contributed by atoms with E-state index < -0.39 is 5.97 Å². The molecule has 2 aromatic carbocycles. The van der Waals surface area contributed by atoms with Gasteiger partial charge in [-0.25, -0.2) is 4.79 Å². The van der Waals surface area contributed by atoms with Gasteiger partial charge in [0.1, 0.15) is 11.5 Å². The van der Waals surface area contributed by atoms with Crippen LogP contribution in [0.5, 0.6) is 0 Å². The van der Waals surface area contributed by atoms with Crippen LogP contribution in [0, 0.1) is 17.4 Å². The summed E-state index contributed by atoms with van der Waals surface area (Å²) in [6.45, 7) is 3.82. The normalized spacial score (nSPS) is 11.2. The fourth-order valence-electron chi connectivity index (χ4n) is 2.43. The summed E-state index contributed by atoms with van der Waals surface area (Å²) in [6, 6.07) is 14.9. The molecular formula is C20H16INO3. The van der Waals surface area contributed by atoms with Gasteiger partial charge in [-0.3, -0.25) is 4.99 Å². The molecule has 1 heterocycles. The third kappa shape index (κ3) is 3.99. The predicted octanol–water partition coefficient (Wildman–Crippen LogP) is 5.62. The van der Waals surface area contributed by atoms with Crippen molar-refractivity contribution in [1.82, 2.24) is 0 Å². The Bertz CT molecular complexity index is 973. The van der Waals surface area contributed by atoms with E-state index in [1.165, 1.54) is 9.13 Å². The van der Waals surface area contributed by atoms with Gasteiger partial charge in [-0.05, 0) is 84.0 Å². The number of hydrogen-bond acceptors (Lipinski definition) is 3. The Morgan fingerprint density at radius 2 is 1.88 bits per heavy atom. The fraction of sp³-hybridized carbons (Fsp3) is 0.100. The van der Waals surface area contributed by atoms with Gasteiger partial charge in [-0.15, -0.1) is 0 Å². The van der Waals surface area contributed by atoms with Crippen molar-refractivity contribution in [2.45, 2.75) is 13.8 Å². The summed E-state index contributed by atoms with van der Waals surface area (Å²) in [5, 5.41) is 9.24. The Balaban J connectivity index is 1.85. The molecule has 4 nitrogen and oxygen atoms in total. The molecule has 0 unspecified atom stereocenters. The van der Waals surface area contributed by atoms with Crippen molar-refractivity contribution in [2.24, 2.45) is 4.99 Å². The number of carboxylic acids is 1. The Labute approximate surface area is 159 Å². The molecule has 0 aliphatic carbocycles. The van der Waals surface area contributed by atoms with Gasteiger partial charge in [0.15, 0.2) is 0 Å². The smallest absolute Gasteiger partial charge is 0.335 e. The fourth-order valence-corrected chi connectivity index (χ4v) is 2.77. The monoisotopic (exact) mass is 445 g/mol. The first kappa shape index (κ1) is 17.4. The molecule has 126 valence electrons. The first-order valence-electron chi connectivity index (χ1n) is 7.68. The van der Waals surface area contributed by atoms with Gasteiger partial charge in [0.25, 0.3) is 0 Å². The Hall–Kier alpha value is -2.41. The van der Waals surface area contributed by atoms with Crippen LogP contribution in [-0.4, -0.2) is 17.3 Å². The van der Waals surface area contributed by atoms with Crippen LogP contribution in [0.4, 0.5) is 5.69 Å². The number of aryl methyl sites for hydroxylation is 2. The van der Waals surface area contributed by atoms with Gasteiger partial charge in [-0.1, -0.05) is 12.1 Å². The highest BCUT2D eigenvalue weighted by molar-refractivity contribution is 14.1. The molecule has 0 aliphatic heterocycles. The second kappa shape index (κ2) is 7.23. The average Bonchev–Trinajstić information content (AvgIpc) is 3.05. The Morgan fingerprint density at radius 1 is 1.08 bits per heavy atom. The zero-order valence-corrected chi connectivity index (χ0v) is 15.9. The molecule has 0 saturated carbocycles. The van der Waals surface area contributed by atoms with Gasteiger partial charge < -0.3 is 9.52 Å². The molecule has 0 atom stereocenters. The number of benzene rings is 2. The SMILES string of the molecule is Cc1cc(N=Cc2ccc(-c3ccc(C)c(C(=O)O)c3)o2)ccc1I. The third-order valence-corrected chi connectivity index (χ3v) is 5.07.